The van der Waals surface area contributed by atoms with Crippen LogP contribution >= 0.6 is 0 Å². The minimum Gasteiger partial charge on any atom is -0.337 e. The first-order valence-electron chi connectivity index (χ1n) is 8.94. The molecule has 6 heteroatoms. The van der Waals surface area contributed by atoms with Crippen LogP contribution in [0.3, 0.4) is 0 Å². The van der Waals surface area contributed by atoms with E-state index < -0.39 is 0 Å². The van der Waals surface area contributed by atoms with E-state index in [0.29, 0.717) is 6.54 Å². The summed E-state index contributed by atoms with van der Waals surface area (Å²) < 4.78 is 2.12. The Bertz CT molecular complexity index is 635. The Balaban J connectivity index is 1.36. The molecule has 0 unspecified atom stereocenters. The van der Waals surface area contributed by atoms with Crippen LogP contribution in [0.25, 0.3) is 0 Å². The van der Waals surface area contributed by atoms with E-state index in [0.717, 1.165) is 51.4 Å². The molecule has 0 aliphatic carbocycles. The Kier molecular flexibility index (Phi) is 6.19. The monoisotopic (exact) mass is 341 g/mol. The maximum Gasteiger partial charge on any atom is 0.240 e. The molecule has 0 saturated carbocycles. The van der Waals surface area contributed by atoms with Crippen LogP contribution in [-0.2, 0) is 11.3 Å². The smallest absolute Gasteiger partial charge is 0.240 e. The number of rotatable bonds is 7. The van der Waals surface area contributed by atoms with Crippen LogP contribution in [0.2, 0.25) is 0 Å². The van der Waals surface area contributed by atoms with E-state index in [-0.39, 0.29) is 5.91 Å². The molecule has 0 atom stereocenters. The average Bonchev–Trinajstić information content (AvgIpc) is 3.17. The van der Waals surface area contributed by atoms with Crippen LogP contribution in [0, 0.1) is 0 Å². The van der Waals surface area contributed by atoms with Crippen molar-refractivity contribution in [3.05, 3.63) is 49.1 Å². The van der Waals surface area contributed by atoms with Gasteiger partial charge in [-0.25, -0.2) is 4.98 Å². The zero-order valence-electron chi connectivity index (χ0n) is 14.9. The van der Waals surface area contributed by atoms with Gasteiger partial charge in [0, 0.05) is 57.9 Å². The van der Waals surface area contributed by atoms with Crippen LogP contribution in [0.1, 0.15) is 6.42 Å². The molecular formula is C19H27N5O. The fourth-order valence-corrected chi connectivity index (χ4v) is 3.16. The predicted molar refractivity (Wildman–Crippen MR) is 99.6 cm³/mol. The van der Waals surface area contributed by atoms with Gasteiger partial charge in [0.15, 0.2) is 0 Å². The first-order chi connectivity index (χ1) is 12.2. The van der Waals surface area contributed by atoms with Gasteiger partial charge in [0.25, 0.3) is 0 Å². The van der Waals surface area contributed by atoms with Crippen molar-refractivity contribution in [2.45, 2.75) is 13.0 Å². The maximum absolute atomic E-state index is 12.5. The summed E-state index contributed by atoms with van der Waals surface area (Å²) in [6.07, 6.45) is 6.83. The highest BCUT2D eigenvalue weighted by Crippen LogP contribution is 2.12. The molecule has 134 valence electrons. The van der Waals surface area contributed by atoms with Crippen molar-refractivity contribution in [3.63, 3.8) is 0 Å². The van der Waals surface area contributed by atoms with Crippen molar-refractivity contribution >= 4 is 11.6 Å². The maximum atomic E-state index is 12.5. The highest BCUT2D eigenvalue weighted by molar-refractivity contribution is 5.94. The predicted octanol–water partition coefficient (Wildman–Crippen LogP) is 1.55. The van der Waals surface area contributed by atoms with Crippen molar-refractivity contribution in [1.82, 2.24) is 19.4 Å². The highest BCUT2D eigenvalue weighted by atomic mass is 16.2. The van der Waals surface area contributed by atoms with Crippen molar-refractivity contribution in [2.24, 2.45) is 0 Å². The molecule has 0 bridgehead atoms. The Hall–Kier alpha value is -2.18. The summed E-state index contributed by atoms with van der Waals surface area (Å²) in [5.74, 6) is 0.153. The third kappa shape index (κ3) is 5.14. The topological polar surface area (TPSA) is 44.6 Å². The second kappa shape index (κ2) is 8.78. The summed E-state index contributed by atoms with van der Waals surface area (Å²) in [7, 11) is 1.85. The number of benzene rings is 1. The van der Waals surface area contributed by atoms with Gasteiger partial charge >= 0.3 is 0 Å². The van der Waals surface area contributed by atoms with E-state index in [2.05, 4.69) is 19.4 Å². The van der Waals surface area contributed by atoms with Gasteiger partial charge in [0.2, 0.25) is 5.91 Å². The molecule has 1 saturated heterocycles. The summed E-state index contributed by atoms with van der Waals surface area (Å²) in [5.41, 5.74) is 0.950. The van der Waals surface area contributed by atoms with E-state index in [1.54, 1.807) is 4.90 Å². The third-order valence-electron chi connectivity index (χ3n) is 4.79. The van der Waals surface area contributed by atoms with Gasteiger partial charge in [-0.1, -0.05) is 18.2 Å². The van der Waals surface area contributed by atoms with Gasteiger partial charge in [0.1, 0.15) is 0 Å². The lowest BCUT2D eigenvalue weighted by Gasteiger charge is -2.35. The summed E-state index contributed by atoms with van der Waals surface area (Å²) in [6.45, 7) is 6.59. The Morgan fingerprint density at radius 2 is 1.80 bits per heavy atom. The van der Waals surface area contributed by atoms with E-state index in [9.17, 15) is 4.79 Å². The lowest BCUT2D eigenvalue weighted by atomic mass is 10.2. The van der Waals surface area contributed by atoms with Gasteiger partial charge in [0.05, 0.1) is 12.9 Å². The largest absolute Gasteiger partial charge is 0.337 e. The molecule has 2 heterocycles. The Morgan fingerprint density at radius 3 is 2.48 bits per heavy atom. The normalized spacial score (nSPS) is 16.0. The molecule has 1 aliphatic heterocycles. The molecular weight excluding hydrogens is 314 g/mol. The minimum atomic E-state index is 0.153. The number of amides is 1. The first kappa shape index (κ1) is 17.6. The number of carbonyl (C=O) groups excluding carboxylic acids is 1. The van der Waals surface area contributed by atoms with E-state index in [4.69, 9.17) is 0 Å². The molecule has 0 spiro atoms. The number of hydrogen-bond donors (Lipinski definition) is 0. The molecule has 1 amide bonds. The lowest BCUT2D eigenvalue weighted by molar-refractivity contribution is -0.119. The number of likely N-dealkylation sites (N-methyl/N-ethyl adjacent to an activating group) is 1. The van der Waals surface area contributed by atoms with E-state index in [1.165, 1.54) is 0 Å². The van der Waals surface area contributed by atoms with E-state index in [1.807, 2.05) is 56.1 Å². The fourth-order valence-electron chi connectivity index (χ4n) is 3.16. The zero-order valence-corrected chi connectivity index (χ0v) is 14.9. The number of aromatic nitrogens is 2. The number of carbonyl (C=O) groups is 1. The SMILES string of the molecule is CN(C(=O)CN1CCN(CCCn2ccnc2)CC1)c1ccccc1. The molecule has 0 N–H and O–H groups in total. The van der Waals surface area contributed by atoms with Crippen molar-refractivity contribution < 1.29 is 4.79 Å². The first-order valence-corrected chi connectivity index (χ1v) is 8.94. The summed E-state index contributed by atoms with van der Waals surface area (Å²) in [6, 6.07) is 9.82. The molecule has 1 fully saturated rings. The number of imidazole rings is 1. The van der Waals surface area contributed by atoms with Gasteiger partial charge in [-0.05, 0) is 25.1 Å². The molecule has 1 aromatic heterocycles. The molecule has 25 heavy (non-hydrogen) atoms. The molecule has 2 aromatic rings. The average molecular weight is 341 g/mol. The van der Waals surface area contributed by atoms with Crippen molar-refractivity contribution in [2.75, 3.05) is 51.2 Å². The van der Waals surface area contributed by atoms with Crippen LogP contribution in [0.5, 0.6) is 0 Å². The number of piperazine rings is 1. The molecule has 1 aliphatic rings. The number of hydrogen-bond acceptors (Lipinski definition) is 4. The molecule has 6 nitrogen and oxygen atoms in total. The van der Waals surface area contributed by atoms with Gasteiger partial charge in [-0.15, -0.1) is 0 Å². The lowest BCUT2D eigenvalue weighted by Crippen LogP contribution is -2.49. The van der Waals surface area contributed by atoms with Crippen LogP contribution in [-0.4, -0.2) is 71.6 Å². The van der Waals surface area contributed by atoms with Crippen molar-refractivity contribution in [1.29, 1.82) is 0 Å². The van der Waals surface area contributed by atoms with Gasteiger partial charge in [-0.2, -0.15) is 0 Å². The highest BCUT2D eigenvalue weighted by Gasteiger charge is 2.20. The van der Waals surface area contributed by atoms with E-state index >= 15 is 0 Å². The number of nitrogens with zero attached hydrogens (tertiary/aromatic N) is 5. The van der Waals surface area contributed by atoms with Gasteiger partial charge in [-0.3, -0.25) is 9.69 Å². The second-order valence-electron chi connectivity index (χ2n) is 6.56. The Morgan fingerprint density at radius 1 is 1.08 bits per heavy atom. The van der Waals surface area contributed by atoms with Crippen LogP contribution in [0.4, 0.5) is 5.69 Å². The number of para-hydroxylation sites is 1. The minimum absolute atomic E-state index is 0.153. The summed E-state index contributed by atoms with van der Waals surface area (Å²) in [5, 5.41) is 0. The van der Waals surface area contributed by atoms with Gasteiger partial charge < -0.3 is 14.4 Å². The van der Waals surface area contributed by atoms with Crippen LogP contribution in [0.15, 0.2) is 49.1 Å². The summed E-state index contributed by atoms with van der Waals surface area (Å²) >= 11 is 0. The van der Waals surface area contributed by atoms with Crippen molar-refractivity contribution in [3.8, 4) is 0 Å². The standard InChI is InChI=1S/C19H27N5O/c1-21(18-6-3-2-4-7-18)19(25)16-23-14-12-22(13-15-23)9-5-10-24-11-8-20-17-24/h2-4,6-8,11,17H,5,9-10,12-16H2,1H3. The number of aryl methyl sites for hydroxylation is 1. The molecule has 1 aromatic carbocycles. The second-order valence-corrected chi connectivity index (χ2v) is 6.56. The number of anilines is 1. The quantitative estimate of drug-likeness (QED) is 0.767. The summed E-state index contributed by atoms with van der Waals surface area (Å²) in [4.78, 5) is 23.0. The fraction of sp³-hybridized carbons (Fsp3) is 0.474. The molecule has 0 radical (unpaired) electrons. The zero-order chi connectivity index (χ0) is 17.5. The third-order valence-corrected chi connectivity index (χ3v) is 4.79. The molecule has 3 rings (SSSR count). The Labute approximate surface area is 149 Å². The van der Waals surface area contributed by atoms with Crippen LogP contribution < -0.4 is 4.90 Å².